The Balaban J connectivity index is 1.43. The molecule has 1 saturated heterocycles. The van der Waals surface area contributed by atoms with Crippen LogP contribution >= 0.6 is 11.3 Å². The number of halogens is 1. The number of carbonyl (C=O) groups excluding carboxylic acids is 2. The highest BCUT2D eigenvalue weighted by molar-refractivity contribution is 7.13. The predicted molar refractivity (Wildman–Crippen MR) is 114 cm³/mol. The van der Waals surface area contributed by atoms with Crippen molar-refractivity contribution in [3.63, 3.8) is 0 Å². The number of amides is 2. The van der Waals surface area contributed by atoms with Crippen LogP contribution in [0.15, 0.2) is 47.8 Å². The lowest BCUT2D eigenvalue weighted by Gasteiger charge is -2.19. The van der Waals surface area contributed by atoms with E-state index in [4.69, 9.17) is 4.74 Å². The highest BCUT2D eigenvalue weighted by Gasteiger charge is 2.24. The summed E-state index contributed by atoms with van der Waals surface area (Å²) in [6.07, 6.45) is 1.48. The molecule has 30 heavy (non-hydrogen) atoms. The van der Waals surface area contributed by atoms with Crippen LogP contribution in [-0.4, -0.2) is 30.5 Å². The summed E-state index contributed by atoms with van der Waals surface area (Å²) in [4.78, 5) is 30.6. The largest absolute Gasteiger partial charge is 0.494 e. The van der Waals surface area contributed by atoms with Gasteiger partial charge in [-0.2, -0.15) is 0 Å². The molecule has 2 heterocycles. The zero-order valence-corrected chi connectivity index (χ0v) is 17.2. The summed E-state index contributed by atoms with van der Waals surface area (Å²) in [5.41, 5.74) is 2.75. The second kappa shape index (κ2) is 8.62. The van der Waals surface area contributed by atoms with Crippen LogP contribution in [0.5, 0.6) is 5.75 Å². The van der Waals surface area contributed by atoms with Crippen molar-refractivity contribution in [2.45, 2.75) is 19.3 Å². The Bertz CT molecular complexity index is 1080. The van der Waals surface area contributed by atoms with Gasteiger partial charge in [-0.05, 0) is 42.8 Å². The van der Waals surface area contributed by atoms with Gasteiger partial charge in [-0.3, -0.25) is 9.59 Å². The third-order valence-electron chi connectivity index (χ3n) is 4.81. The van der Waals surface area contributed by atoms with Crippen molar-refractivity contribution in [1.82, 2.24) is 4.98 Å². The zero-order valence-electron chi connectivity index (χ0n) is 16.4. The van der Waals surface area contributed by atoms with Crippen molar-refractivity contribution >= 4 is 34.5 Å². The molecule has 1 N–H and O–H groups in total. The second-order valence-corrected chi connectivity index (χ2v) is 7.77. The van der Waals surface area contributed by atoms with Gasteiger partial charge >= 0.3 is 0 Å². The molecule has 154 valence electrons. The van der Waals surface area contributed by atoms with Crippen LogP contribution in [0.1, 0.15) is 18.5 Å². The lowest BCUT2D eigenvalue weighted by Crippen LogP contribution is -2.24. The Hall–Kier alpha value is -3.26. The maximum atomic E-state index is 13.1. The first kappa shape index (κ1) is 20.0. The summed E-state index contributed by atoms with van der Waals surface area (Å²) in [6, 6.07) is 11.4. The van der Waals surface area contributed by atoms with E-state index < -0.39 is 0 Å². The molecule has 0 saturated carbocycles. The summed E-state index contributed by atoms with van der Waals surface area (Å²) >= 11 is 1.41. The van der Waals surface area contributed by atoms with E-state index in [0.29, 0.717) is 35.8 Å². The van der Waals surface area contributed by atoms with Crippen molar-refractivity contribution in [2.24, 2.45) is 0 Å². The number of hydrogen-bond acceptors (Lipinski definition) is 5. The molecule has 0 spiro atoms. The van der Waals surface area contributed by atoms with E-state index >= 15 is 0 Å². The molecule has 0 aliphatic carbocycles. The number of methoxy groups -OCH3 is 1. The average molecular weight is 425 g/mol. The monoisotopic (exact) mass is 425 g/mol. The zero-order chi connectivity index (χ0) is 21.1. The Morgan fingerprint density at radius 3 is 2.77 bits per heavy atom. The highest BCUT2D eigenvalue weighted by atomic mass is 32.1. The van der Waals surface area contributed by atoms with Gasteiger partial charge in [-0.15, -0.1) is 11.3 Å². The molecular weight excluding hydrogens is 405 g/mol. The summed E-state index contributed by atoms with van der Waals surface area (Å²) in [7, 11) is 1.54. The molecule has 1 aliphatic heterocycles. The van der Waals surface area contributed by atoms with Crippen molar-refractivity contribution < 1.29 is 18.7 Å². The van der Waals surface area contributed by atoms with Gasteiger partial charge in [0.2, 0.25) is 11.8 Å². The maximum Gasteiger partial charge on any atom is 0.230 e. The smallest absolute Gasteiger partial charge is 0.230 e. The number of benzene rings is 2. The topological polar surface area (TPSA) is 71.5 Å². The molecule has 3 aromatic rings. The molecule has 0 bridgehead atoms. The lowest BCUT2D eigenvalue weighted by atomic mass is 10.2. The molecule has 1 fully saturated rings. The van der Waals surface area contributed by atoms with Crippen molar-refractivity contribution in [2.75, 3.05) is 23.9 Å². The molecule has 2 amide bonds. The minimum Gasteiger partial charge on any atom is -0.494 e. The molecule has 2 aromatic carbocycles. The quantitative estimate of drug-likeness (QED) is 0.640. The van der Waals surface area contributed by atoms with Gasteiger partial charge in [0.25, 0.3) is 0 Å². The molecule has 0 unspecified atom stereocenters. The molecule has 1 aromatic heterocycles. The molecule has 1 aliphatic rings. The molecule has 0 radical (unpaired) electrons. The van der Waals surface area contributed by atoms with Crippen LogP contribution in [0.4, 0.5) is 15.8 Å². The third kappa shape index (κ3) is 4.33. The van der Waals surface area contributed by atoms with Gasteiger partial charge in [0.05, 0.1) is 24.9 Å². The lowest BCUT2D eigenvalue weighted by molar-refractivity contribution is -0.117. The standard InChI is InChI=1S/C22H20FN3O3S/c1-29-19-11-16(8-9-18(19)26-10-2-3-21(26)28)24-20(27)12-17-13-30-22(25-17)14-4-6-15(23)7-5-14/h4-9,11,13H,2-3,10,12H2,1H3,(H,24,27). The van der Waals surface area contributed by atoms with Gasteiger partial charge in [-0.1, -0.05) is 0 Å². The van der Waals surface area contributed by atoms with Crippen molar-refractivity contribution in [3.05, 3.63) is 59.4 Å². The van der Waals surface area contributed by atoms with Crippen molar-refractivity contribution in [3.8, 4) is 16.3 Å². The minimum atomic E-state index is -0.301. The number of anilines is 2. The van der Waals surface area contributed by atoms with Crippen LogP contribution in [-0.2, 0) is 16.0 Å². The van der Waals surface area contributed by atoms with E-state index in [1.165, 1.54) is 30.6 Å². The number of aromatic nitrogens is 1. The summed E-state index contributed by atoms with van der Waals surface area (Å²) in [5.74, 6) is 0.101. The fourth-order valence-electron chi connectivity index (χ4n) is 3.36. The fourth-order valence-corrected chi connectivity index (χ4v) is 4.19. The van der Waals surface area contributed by atoms with Crippen LogP contribution in [0.3, 0.4) is 0 Å². The number of ether oxygens (including phenoxy) is 1. The Labute approximate surface area is 177 Å². The third-order valence-corrected chi connectivity index (χ3v) is 5.75. The Morgan fingerprint density at radius 2 is 2.07 bits per heavy atom. The van der Waals surface area contributed by atoms with E-state index in [1.54, 1.807) is 35.2 Å². The van der Waals surface area contributed by atoms with Crippen LogP contribution in [0.25, 0.3) is 10.6 Å². The highest BCUT2D eigenvalue weighted by Crippen LogP contribution is 2.34. The van der Waals surface area contributed by atoms with E-state index in [1.807, 2.05) is 5.38 Å². The van der Waals surface area contributed by atoms with Crippen LogP contribution in [0.2, 0.25) is 0 Å². The van der Waals surface area contributed by atoms with E-state index in [9.17, 15) is 14.0 Å². The fraction of sp³-hybridized carbons (Fsp3) is 0.227. The van der Waals surface area contributed by atoms with Crippen LogP contribution in [0, 0.1) is 5.82 Å². The van der Waals surface area contributed by atoms with E-state index in [0.717, 1.165) is 17.0 Å². The number of rotatable bonds is 6. The predicted octanol–water partition coefficient (Wildman–Crippen LogP) is 4.27. The first-order valence-electron chi connectivity index (χ1n) is 9.52. The minimum absolute atomic E-state index is 0.0746. The van der Waals surface area contributed by atoms with Crippen LogP contribution < -0.4 is 15.0 Å². The van der Waals surface area contributed by atoms with Gasteiger partial charge in [0, 0.05) is 35.7 Å². The van der Waals surface area contributed by atoms with E-state index in [-0.39, 0.29) is 24.1 Å². The molecule has 6 nitrogen and oxygen atoms in total. The number of thiazole rings is 1. The maximum absolute atomic E-state index is 13.1. The Kier molecular flexibility index (Phi) is 5.76. The average Bonchev–Trinajstić information content (AvgIpc) is 3.37. The number of nitrogens with zero attached hydrogens (tertiary/aromatic N) is 2. The number of hydrogen-bond donors (Lipinski definition) is 1. The Morgan fingerprint density at radius 1 is 1.27 bits per heavy atom. The molecular formula is C22H20FN3O3S. The van der Waals surface area contributed by atoms with Gasteiger partial charge in [-0.25, -0.2) is 9.37 Å². The summed E-state index contributed by atoms with van der Waals surface area (Å²) in [5, 5.41) is 5.40. The number of carbonyl (C=O) groups is 2. The summed E-state index contributed by atoms with van der Waals surface area (Å²) in [6.45, 7) is 0.668. The summed E-state index contributed by atoms with van der Waals surface area (Å²) < 4.78 is 18.5. The molecule has 0 atom stereocenters. The SMILES string of the molecule is COc1cc(NC(=O)Cc2csc(-c3ccc(F)cc3)n2)ccc1N1CCCC1=O. The van der Waals surface area contributed by atoms with E-state index in [2.05, 4.69) is 10.3 Å². The van der Waals surface area contributed by atoms with Gasteiger partial charge in [0.1, 0.15) is 16.6 Å². The van der Waals surface area contributed by atoms with Gasteiger partial charge < -0.3 is 15.0 Å². The molecule has 8 heteroatoms. The first-order valence-corrected chi connectivity index (χ1v) is 10.4. The second-order valence-electron chi connectivity index (χ2n) is 6.91. The van der Waals surface area contributed by atoms with Gasteiger partial charge in [0.15, 0.2) is 0 Å². The normalized spacial score (nSPS) is 13.5. The number of nitrogens with one attached hydrogen (secondary N) is 1. The first-order chi connectivity index (χ1) is 14.5. The van der Waals surface area contributed by atoms with Crippen molar-refractivity contribution in [1.29, 1.82) is 0 Å². The molecule has 4 rings (SSSR count).